The molecule has 88 valence electrons. The molecule has 0 aliphatic carbocycles. The summed E-state index contributed by atoms with van der Waals surface area (Å²) in [7, 11) is 0. The van der Waals surface area contributed by atoms with Gasteiger partial charge in [0.25, 0.3) is 0 Å². The lowest BCUT2D eigenvalue weighted by molar-refractivity contribution is 1.44. The highest BCUT2D eigenvalue weighted by atomic mass is 16.3. The third-order valence-corrected chi connectivity index (χ3v) is 2.47. The maximum atomic E-state index is 10.7. The van der Waals surface area contributed by atoms with Gasteiger partial charge < -0.3 is 0 Å². The van der Waals surface area contributed by atoms with Gasteiger partial charge in [-0.1, -0.05) is 0 Å². The summed E-state index contributed by atoms with van der Waals surface area (Å²) in [6, 6.07) is 4.87. The van der Waals surface area contributed by atoms with Gasteiger partial charge in [-0.15, -0.1) is 19.6 Å². The van der Waals surface area contributed by atoms with E-state index in [0.717, 1.165) is 0 Å². The molecule has 0 radical (unpaired) electrons. The molecule has 0 aliphatic heterocycles. The van der Waals surface area contributed by atoms with Crippen LogP contribution in [0.4, 0.5) is 22.7 Å². The van der Waals surface area contributed by atoms with E-state index in [2.05, 4.69) is 20.7 Å². The molecule has 0 aromatic heterocycles. The van der Waals surface area contributed by atoms with E-state index in [9.17, 15) is 19.6 Å². The lowest BCUT2D eigenvalue weighted by Gasteiger charge is -2.05. The molecule has 0 heterocycles. The lowest BCUT2D eigenvalue weighted by Crippen LogP contribution is -1.78. The average Bonchev–Trinajstić information content (AvgIpc) is 2.44. The summed E-state index contributed by atoms with van der Waals surface area (Å²) in [5.74, 6) is 0. The Labute approximate surface area is 98.9 Å². The number of hydrogen-bond donors (Lipinski definition) is 0. The van der Waals surface area contributed by atoms with E-state index in [1.54, 1.807) is 0 Å². The third kappa shape index (κ3) is 1.56. The van der Waals surface area contributed by atoms with E-state index in [-0.39, 0.29) is 33.5 Å². The zero-order chi connectivity index (χ0) is 13.1. The van der Waals surface area contributed by atoms with Crippen molar-refractivity contribution in [3.63, 3.8) is 0 Å². The van der Waals surface area contributed by atoms with E-state index in [4.69, 9.17) is 0 Å². The fraction of sp³-hybridized carbons (Fsp3) is 0. The van der Waals surface area contributed by atoms with Crippen molar-refractivity contribution in [3.8, 4) is 0 Å². The van der Waals surface area contributed by atoms with Crippen LogP contribution in [0, 0.1) is 19.6 Å². The van der Waals surface area contributed by atoms with Crippen LogP contribution in [0.15, 0.2) is 45.0 Å². The molecule has 0 atom stereocenters. The first-order chi connectivity index (χ1) is 8.76. The minimum Gasteiger partial charge on any atom is -0.145 e. The van der Waals surface area contributed by atoms with E-state index < -0.39 is 0 Å². The highest BCUT2D eigenvalue weighted by Gasteiger charge is 2.16. The fourth-order valence-electron chi connectivity index (χ4n) is 1.73. The Morgan fingerprint density at radius 3 is 0.889 bits per heavy atom. The molecular weight excluding hydrogens is 240 g/mol. The molecule has 0 unspecified atom stereocenters. The zero-order valence-electron chi connectivity index (χ0n) is 8.73. The topological polar surface area (TPSA) is 118 Å². The molecule has 2 aromatic carbocycles. The number of rotatable bonds is 4. The quantitative estimate of drug-likeness (QED) is 0.738. The van der Waals surface area contributed by atoms with Gasteiger partial charge in [-0.25, -0.2) is 0 Å². The van der Waals surface area contributed by atoms with E-state index >= 15 is 0 Å². The van der Waals surface area contributed by atoms with Gasteiger partial charge >= 0.3 is 0 Å². The summed E-state index contributed by atoms with van der Waals surface area (Å²) in [5, 5.41) is 10.9. The molecule has 0 spiro atoms. The van der Waals surface area contributed by atoms with E-state index in [1.165, 1.54) is 24.3 Å². The minimum atomic E-state index is -0.113. The van der Waals surface area contributed by atoms with Gasteiger partial charge in [-0.2, -0.15) is 0 Å². The Kier molecular flexibility index (Phi) is 2.92. The highest BCUT2D eigenvalue weighted by molar-refractivity contribution is 6.11. The average molecular weight is 244 g/mol. The SMILES string of the molecule is O=Nc1ccc(N=O)c2c(N=O)ccc(N=O)c12. The monoisotopic (exact) mass is 244 g/mol. The van der Waals surface area contributed by atoms with Crippen LogP contribution in [0.3, 0.4) is 0 Å². The molecule has 8 heteroatoms. The van der Waals surface area contributed by atoms with Crippen molar-refractivity contribution in [1.82, 2.24) is 0 Å². The Hall–Kier alpha value is -2.90. The summed E-state index contributed by atoms with van der Waals surface area (Å²) in [6.45, 7) is 0. The lowest BCUT2D eigenvalue weighted by atomic mass is 10.0. The summed E-state index contributed by atoms with van der Waals surface area (Å²) >= 11 is 0. The van der Waals surface area contributed by atoms with Gasteiger partial charge in [0.15, 0.2) is 0 Å². The zero-order valence-corrected chi connectivity index (χ0v) is 8.73. The number of hydrogen-bond acceptors (Lipinski definition) is 8. The summed E-state index contributed by atoms with van der Waals surface area (Å²) in [5.41, 5.74) is -0.454. The molecule has 8 nitrogen and oxygen atoms in total. The van der Waals surface area contributed by atoms with Gasteiger partial charge in [0.05, 0.1) is 0 Å². The van der Waals surface area contributed by atoms with Gasteiger partial charge in [0, 0.05) is 10.8 Å². The first kappa shape index (κ1) is 11.6. The van der Waals surface area contributed by atoms with Crippen molar-refractivity contribution in [2.45, 2.75) is 0 Å². The van der Waals surface area contributed by atoms with Gasteiger partial charge in [-0.05, 0) is 45.0 Å². The summed E-state index contributed by atoms with van der Waals surface area (Å²) in [4.78, 5) is 42.7. The Morgan fingerprint density at radius 1 is 0.500 bits per heavy atom. The first-order valence-corrected chi connectivity index (χ1v) is 4.70. The maximum Gasteiger partial charge on any atom is 0.118 e. The van der Waals surface area contributed by atoms with Crippen LogP contribution in [0.5, 0.6) is 0 Å². The van der Waals surface area contributed by atoms with Crippen molar-refractivity contribution in [2.24, 2.45) is 20.7 Å². The number of nitrogens with zero attached hydrogens (tertiary/aromatic N) is 4. The Morgan fingerprint density at radius 2 is 0.722 bits per heavy atom. The van der Waals surface area contributed by atoms with Gasteiger partial charge in [0.2, 0.25) is 0 Å². The molecule has 0 amide bonds. The van der Waals surface area contributed by atoms with Crippen LogP contribution in [-0.2, 0) is 0 Å². The molecule has 0 aliphatic rings. The number of fused-ring (bicyclic) bond motifs is 1. The molecule has 0 fully saturated rings. The predicted octanol–water partition coefficient (Wildman–Crippen LogP) is 4.43. The molecular formula is C10H4N4O4. The van der Waals surface area contributed by atoms with Crippen molar-refractivity contribution in [3.05, 3.63) is 43.9 Å². The van der Waals surface area contributed by atoms with Crippen LogP contribution in [-0.4, -0.2) is 0 Å². The van der Waals surface area contributed by atoms with Crippen LogP contribution < -0.4 is 0 Å². The predicted molar refractivity (Wildman–Crippen MR) is 65.8 cm³/mol. The van der Waals surface area contributed by atoms with Crippen LogP contribution >= 0.6 is 0 Å². The van der Waals surface area contributed by atoms with Crippen molar-refractivity contribution < 1.29 is 0 Å². The molecule has 0 N–H and O–H groups in total. The molecule has 2 aromatic rings. The van der Waals surface area contributed by atoms with E-state index in [0.29, 0.717) is 0 Å². The minimum absolute atomic E-state index is 0.00537. The second-order valence-electron chi connectivity index (χ2n) is 3.32. The van der Waals surface area contributed by atoms with Crippen LogP contribution in [0.25, 0.3) is 10.8 Å². The van der Waals surface area contributed by atoms with Gasteiger partial charge in [-0.3, -0.25) is 0 Å². The van der Waals surface area contributed by atoms with Crippen molar-refractivity contribution >= 4 is 33.5 Å². The smallest absolute Gasteiger partial charge is 0.118 e. The first-order valence-electron chi connectivity index (χ1n) is 4.70. The second kappa shape index (κ2) is 4.53. The van der Waals surface area contributed by atoms with Crippen LogP contribution in [0.2, 0.25) is 0 Å². The molecule has 18 heavy (non-hydrogen) atoms. The van der Waals surface area contributed by atoms with Crippen molar-refractivity contribution in [2.75, 3.05) is 0 Å². The highest BCUT2D eigenvalue weighted by Crippen LogP contribution is 2.44. The molecule has 0 saturated carbocycles. The van der Waals surface area contributed by atoms with Gasteiger partial charge in [0.1, 0.15) is 22.7 Å². The van der Waals surface area contributed by atoms with Crippen molar-refractivity contribution in [1.29, 1.82) is 0 Å². The fourth-order valence-corrected chi connectivity index (χ4v) is 1.73. The molecule has 2 rings (SSSR count). The standard InChI is InChI=1S/C10H4N4O4/c15-11-5-1-2-6(12-16)10-8(14-18)4-3-7(13-17)9(5)10/h1-4H. The number of benzene rings is 2. The third-order valence-electron chi connectivity index (χ3n) is 2.47. The van der Waals surface area contributed by atoms with Crippen LogP contribution in [0.1, 0.15) is 0 Å². The molecule has 0 saturated heterocycles. The summed E-state index contributed by atoms with van der Waals surface area (Å²) < 4.78 is 0. The second-order valence-corrected chi connectivity index (χ2v) is 3.32. The summed E-state index contributed by atoms with van der Waals surface area (Å²) in [6.07, 6.45) is 0. The largest absolute Gasteiger partial charge is 0.145 e. The Bertz CT molecular complexity index is 570. The molecule has 0 bridgehead atoms. The Balaban J connectivity index is 3.11. The number of nitroso groups, excluding NO2 is 4. The van der Waals surface area contributed by atoms with E-state index in [1.807, 2.05) is 0 Å². The maximum absolute atomic E-state index is 10.7. The normalized spacial score (nSPS) is 10.0.